The second kappa shape index (κ2) is 7.66. The van der Waals surface area contributed by atoms with Crippen molar-refractivity contribution < 1.29 is 4.79 Å². The molecule has 3 atom stereocenters. The molecule has 1 aromatic carbocycles. The summed E-state index contributed by atoms with van der Waals surface area (Å²) in [7, 11) is 0. The molecule has 0 spiro atoms. The average molecular weight is 385 g/mol. The van der Waals surface area contributed by atoms with Gasteiger partial charge in [-0.3, -0.25) is 4.79 Å². The minimum Gasteiger partial charge on any atom is -0.336 e. The van der Waals surface area contributed by atoms with Crippen molar-refractivity contribution in [3.05, 3.63) is 36.2 Å². The molecule has 0 radical (unpaired) electrons. The fourth-order valence-electron chi connectivity index (χ4n) is 3.99. The lowest BCUT2D eigenvalue weighted by atomic mass is 9.97. The zero-order chi connectivity index (χ0) is 19.0. The molecular weight excluding hydrogens is 356 g/mol. The topological polar surface area (TPSA) is 51.0 Å². The van der Waals surface area contributed by atoms with E-state index in [9.17, 15) is 4.79 Å². The Morgan fingerprint density at radius 3 is 2.41 bits per heavy atom. The summed E-state index contributed by atoms with van der Waals surface area (Å²) >= 11 is 1.49. The van der Waals surface area contributed by atoms with Crippen LogP contribution in [0.5, 0.6) is 0 Å². The predicted molar refractivity (Wildman–Crippen MR) is 108 cm³/mol. The molecule has 1 amide bonds. The maximum atomic E-state index is 13.1. The van der Waals surface area contributed by atoms with Gasteiger partial charge in [0.1, 0.15) is 5.82 Å². The summed E-state index contributed by atoms with van der Waals surface area (Å²) in [5.41, 5.74) is 1.04. The Bertz CT molecular complexity index is 792. The van der Waals surface area contributed by atoms with E-state index in [1.54, 1.807) is 0 Å². The van der Waals surface area contributed by atoms with Gasteiger partial charge in [-0.05, 0) is 65.0 Å². The number of thioether (sulfide) groups is 1. The molecule has 0 unspecified atom stereocenters. The number of para-hydroxylation sites is 1. The standard InChI is InChI=1S/C21H28N4OS/c1-14-8-7-9-15(2)24(14)20(26)16(3)27-21-22-19(17-12-13-17)25(23-21)18-10-5-4-6-11-18/h4-6,10-11,14-17H,7-9,12-13H2,1-3H3/t14-,15+,16-/m1/s1. The number of amides is 1. The summed E-state index contributed by atoms with van der Waals surface area (Å²) < 4.78 is 1.96. The van der Waals surface area contributed by atoms with E-state index >= 15 is 0 Å². The molecule has 1 aliphatic carbocycles. The third-order valence-electron chi connectivity index (χ3n) is 5.63. The van der Waals surface area contributed by atoms with Crippen molar-refractivity contribution in [3.63, 3.8) is 0 Å². The van der Waals surface area contributed by atoms with Crippen LogP contribution in [0.4, 0.5) is 0 Å². The van der Waals surface area contributed by atoms with E-state index in [0.717, 1.165) is 24.4 Å². The summed E-state index contributed by atoms with van der Waals surface area (Å²) in [6.45, 7) is 6.32. The highest BCUT2D eigenvalue weighted by atomic mass is 32.2. The molecule has 0 bridgehead atoms. The Kier molecular flexibility index (Phi) is 5.26. The van der Waals surface area contributed by atoms with E-state index in [-0.39, 0.29) is 11.2 Å². The van der Waals surface area contributed by atoms with Crippen LogP contribution in [0.3, 0.4) is 0 Å². The molecular formula is C21H28N4OS. The normalized spacial score (nSPS) is 24.0. The second-order valence-corrected chi connectivity index (χ2v) is 9.22. The summed E-state index contributed by atoms with van der Waals surface area (Å²) in [4.78, 5) is 20.0. The Hall–Kier alpha value is -1.82. The van der Waals surface area contributed by atoms with Gasteiger partial charge in [0.05, 0.1) is 10.9 Å². The first kappa shape index (κ1) is 18.5. The molecule has 2 aromatic rings. The van der Waals surface area contributed by atoms with Gasteiger partial charge in [-0.1, -0.05) is 30.0 Å². The molecule has 1 saturated heterocycles. The maximum Gasteiger partial charge on any atom is 0.236 e. The molecule has 2 aliphatic rings. The fraction of sp³-hybridized carbons (Fsp3) is 0.571. The number of piperidine rings is 1. The number of hydrogen-bond acceptors (Lipinski definition) is 4. The number of carbonyl (C=O) groups excluding carboxylic acids is 1. The molecule has 1 aromatic heterocycles. The molecule has 1 aliphatic heterocycles. The third-order valence-corrected chi connectivity index (χ3v) is 6.57. The van der Waals surface area contributed by atoms with Crippen molar-refractivity contribution in [3.8, 4) is 5.69 Å². The molecule has 2 fully saturated rings. The minimum absolute atomic E-state index is 0.174. The van der Waals surface area contributed by atoms with Crippen LogP contribution >= 0.6 is 11.8 Å². The first-order chi connectivity index (χ1) is 13.0. The molecule has 2 heterocycles. The van der Waals surface area contributed by atoms with Crippen LogP contribution in [0.2, 0.25) is 0 Å². The van der Waals surface area contributed by atoms with Gasteiger partial charge in [-0.25, -0.2) is 9.67 Å². The summed E-state index contributed by atoms with van der Waals surface area (Å²) in [6.07, 6.45) is 5.75. The van der Waals surface area contributed by atoms with Crippen molar-refractivity contribution in [1.29, 1.82) is 0 Å². The van der Waals surface area contributed by atoms with Crippen LogP contribution in [0.15, 0.2) is 35.5 Å². The van der Waals surface area contributed by atoms with Gasteiger partial charge >= 0.3 is 0 Å². The average Bonchev–Trinajstić information content (AvgIpc) is 3.42. The van der Waals surface area contributed by atoms with Crippen LogP contribution in [-0.4, -0.2) is 42.9 Å². The molecule has 0 N–H and O–H groups in total. The van der Waals surface area contributed by atoms with Gasteiger partial charge in [-0.15, -0.1) is 5.10 Å². The molecule has 1 saturated carbocycles. The summed E-state index contributed by atoms with van der Waals surface area (Å²) in [5, 5.41) is 5.28. The fourth-order valence-corrected chi connectivity index (χ4v) is 4.81. The number of rotatable bonds is 5. The van der Waals surface area contributed by atoms with Crippen molar-refractivity contribution in [2.45, 2.75) is 81.3 Å². The lowest BCUT2D eigenvalue weighted by Crippen LogP contribution is -2.50. The highest BCUT2D eigenvalue weighted by Gasteiger charge is 2.34. The third kappa shape index (κ3) is 3.91. The maximum absolute atomic E-state index is 13.1. The minimum atomic E-state index is -0.174. The van der Waals surface area contributed by atoms with Crippen molar-refractivity contribution >= 4 is 17.7 Å². The molecule has 5 nitrogen and oxygen atoms in total. The van der Waals surface area contributed by atoms with Crippen LogP contribution in [0, 0.1) is 0 Å². The van der Waals surface area contributed by atoms with Gasteiger partial charge in [0.2, 0.25) is 11.1 Å². The van der Waals surface area contributed by atoms with E-state index < -0.39 is 0 Å². The first-order valence-corrected chi connectivity index (χ1v) is 10.9. The van der Waals surface area contributed by atoms with Crippen molar-refractivity contribution in [2.24, 2.45) is 0 Å². The number of aromatic nitrogens is 3. The summed E-state index contributed by atoms with van der Waals surface area (Å²) in [5.74, 6) is 1.74. The molecule has 144 valence electrons. The zero-order valence-corrected chi connectivity index (χ0v) is 17.2. The predicted octanol–water partition coefficient (Wildman–Crippen LogP) is 4.41. The Morgan fingerprint density at radius 1 is 1.11 bits per heavy atom. The van der Waals surface area contributed by atoms with Crippen LogP contribution in [-0.2, 0) is 4.79 Å². The number of carbonyl (C=O) groups is 1. The molecule has 27 heavy (non-hydrogen) atoms. The molecule has 4 rings (SSSR count). The quantitative estimate of drug-likeness (QED) is 0.716. The highest BCUT2D eigenvalue weighted by Crippen LogP contribution is 2.40. The van der Waals surface area contributed by atoms with Gasteiger partial charge in [0, 0.05) is 18.0 Å². The van der Waals surface area contributed by atoms with Crippen LogP contribution in [0.1, 0.15) is 64.6 Å². The van der Waals surface area contributed by atoms with Crippen molar-refractivity contribution in [2.75, 3.05) is 0 Å². The van der Waals surface area contributed by atoms with Gasteiger partial charge in [-0.2, -0.15) is 0 Å². The first-order valence-electron chi connectivity index (χ1n) is 10.1. The Labute approximate surface area is 165 Å². The van der Waals surface area contributed by atoms with E-state index in [4.69, 9.17) is 10.1 Å². The second-order valence-electron chi connectivity index (χ2n) is 7.91. The SMILES string of the molecule is C[C@@H]1CCC[C@H](C)N1C(=O)[C@@H](C)Sc1nc(C2CC2)n(-c2ccccc2)n1. The highest BCUT2D eigenvalue weighted by molar-refractivity contribution is 8.00. The Balaban J connectivity index is 1.53. The number of benzene rings is 1. The molecule has 6 heteroatoms. The van der Waals surface area contributed by atoms with Crippen molar-refractivity contribution in [1.82, 2.24) is 19.7 Å². The largest absolute Gasteiger partial charge is 0.336 e. The van der Waals surface area contributed by atoms with Crippen LogP contribution < -0.4 is 0 Å². The Morgan fingerprint density at radius 2 is 1.78 bits per heavy atom. The van der Waals surface area contributed by atoms with Crippen LogP contribution in [0.25, 0.3) is 5.69 Å². The van der Waals surface area contributed by atoms with Gasteiger partial charge in [0.15, 0.2) is 0 Å². The van der Waals surface area contributed by atoms with Gasteiger partial charge < -0.3 is 4.90 Å². The smallest absolute Gasteiger partial charge is 0.236 e. The lowest BCUT2D eigenvalue weighted by molar-refractivity contribution is -0.136. The number of nitrogens with zero attached hydrogens (tertiary/aromatic N) is 4. The monoisotopic (exact) mass is 384 g/mol. The van der Waals surface area contributed by atoms with E-state index in [2.05, 4.69) is 30.9 Å². The number of likely N-dealkylation sites (tertiary alicyclic amines) is 1. The summed E-state index contributed by atoms with van der Waals surface area (Å²) in [6, 6.07) is 10.8. The zero-order valence-electron chi connectivity index (χ0n) is 16.3. The van der Waals surface area contributed by atoms with Gasteiger partial charge in [0.25, 0.3) is 0 Å². The van der Waals surface area contributed by atoms with E-state index in [1.807, 2.05) is 29.8 Å². The lowest BCUT2D eigenvalue weighted by Gasteiger charge is -2.40. The number of hydrogen-bond donors (Lipinski definition) is 0. The van der Waals surface area contributed by atoms with E-state index in [0.29, 0.717) is 23.2 Å². The van der Waals surface area contributed by atoms with E-state index in [1.165, 1.54) is 31.0 Å².